The van der Waals surface area contributed by atoms with E-state index in [1.54, 1.807) is 0 Å². The van der Waals surface area contributed by atoms with Gasteiger partial charge in [-0.15, -0.1) is 0 Å². The summed E-state index contributed by atoms with van der Waals surface area (Å²) in [5.74, 6) is 1.74. The largest absolute Gasteiger partial charge is 0.353 e. The predicted molar refractivity (Wildman–Crippen MR) is 83.5 cm³/mol. The summed E-state index contributed by atoms with van der Waals surface area (Å²) in [6.45, 7) is 10.8. The number of anilines is 1. The lowest BCUT2D eigenvalue weighted by molar-refractivity contribution is 0.503. The molecule has 0 aliphatic rings. The van der Waals surface area contributed by atoms with Crippen molar-refractivity contribution in [2.45, 2.75) is 53.0 Å². The molecule has 0 bridgehead atoms. The van der Waals surface area contributed by atoms with Crippen LogP contribution in [0.3, 0.4) is 0 Å². The molecule has 0 aromatic carbocycles. The second-order valence-electron chi connectivity index (χ2n) is 5.58. The number of hydrogen-bond acceptors (Lipinski definition) is 3. The first kappa shape index (κ1) is 16.0. The molecule has 0 aliphatic heterocycles. The first-order valence-corrected chi connectivity index (χ1v) is 7.53. The SMILES string of the molecule is CCC(CC)N(CC(C)C)c1ccc(CCN)cn1. The van der Waals surface area contributed by atoms with Gasteiger partial charge in [0.05, 0.1) is 0 Å². The molecular weight excluding hydrogens is 234 g/mol. The van der Waals surface area contributed by atoms with E-state index in [2.05, 4.69) is 49.7 Å². The Balaban J connectivity index is 2.89. The summed E-state index contributed by atoms with van der Waals surface area (Å²) >= 11 is 0. The second-order valence-corrected chi connectivity index (χ2v) is 5.58. The fourth-order valence-electron chi connectivity index (χ4n) is 2.45. The van der Waals surface area contributed by atoms with Gasteiger partial charge in [-0.2, -0.15) is 0 Å². The average molecular weight is 263 g/mol. The van der Waals surface area contributed by atoms with Gasteiger partial charge in [-0.1, -0.05) is 33.8 Å². The number of nitrogens with two attached hydrogens (primary N) is 1. The summed E-state index contributed by atoms with van der Waals surface area (Å²) in [6.07, 6.45) is 5.20. The monoisotopic (exact) mass is 263 g/mol. The number of rotatable bonds is 8. The summed E-state index contributed by atoms with van der Waals surface area (Å²) < 4.78 is 0. The molecule has 1 heterocycles. The minimum Gasteiger partial charge on any atom is -0.353 e. The molecule has 0 aliphatic carbocycles. The average Bonchev–Trinajstić information content (AvgIpc) is 2.40. The van der Waals surface area contributed by atoms with Crippen LogP contribution in [0.15, 0.2) is 18.3 Å². The third kappa shape index (κ3) is 4.83. The Morgan fingerprint density at radius 1 is 1.21 bits per heavy atom. The van der Waals surface area contributed by atoms with Gasteiger partial charge in [0.15, 0.2) is 0 Å². The lowest BCUT2D eigenvalue weighted by atomic mass is 10.1. The maximum Gasteiger partial charge on any atom is 0.128 e. The summed E-state index contributed by atoms with van der Waals surface area (Å²) in [4.78, 5) is 7.09. The highest BCUT2D eigenvalue weighted by Crippen LogP contribution is 2.20. The number of nitrogens with zero attached hydrogens (tertiary/aromatic N) is 2. The Bertz CT molecular complexity index is 342. The highest BCUT2D eigenvalue weighted by atomic mass is 15.2. The van der Waals surface area contributed by atoms with E-state index >= 15 is 0 Å². The van der Waals surface area contributed by atoms with E-state index in [0.717, 1.165) is 31.6 Å². The van der Waals surface area contributed by atoms with Crippen LogP contribution in [0.1, 0.15) is 46.1 Å². The fraction of sp³-hybridized carbons (Fsp3) is 0.688. The lowest BCUT2D eigenvalue weighted by Gasteiger charge is -2.33. The van der Waals surface area contributed by atoms with Crippen molar-refractivity contribution in [3.05, 3.63) is 23.9 Å². The van der Waals surface area contributed by atoms with Gasteiger partial charge in [0.2, 0.25) is 0 Å². The molecule has 0 amide bonds. The van der Waals surface area contributed by atoms with Gasteiger partial charge in [0.1, 0.15) is 5.82 Å². The van der Waals surface area contributed by atoms with Gasteiger partial charge >= 0.3 is 0 Å². The standard InChI is InChI=1S/C16H29N3/c1-5-15(6-2)19(12-13(3)4)16-8-7-14(9-10-17)11-18-16/h7-8,11,13,15H,5-6,9-10,12,17H2,1-4H3. The van der Waals surface area contributed by atoms with E-state index in [4.69, 9.17) is 5.73 Å². The van der Waals surface area contributed by atoms with Crippen molar-refractivity contribution in [2.75, 3.05) is 18.0 Å². The van der Waals surface area contributed by atoms with Crippen molar-refractivity contribution >= 4 is 5.82 Å². The van der Waals surface area contributed by atoms with Crippen molar-refractivity contribution in [2.24, 2.45) is 11.7 Å². The molecule has 1 aromatic rings. The molecule has 0 unspecified atom stereocenters. The third-order valence-electron chi connectivity index (χ3n) is 3.48. The van der Waals surface area contributed by atoms with Gasteiger partial charge in [-0.05, 0) is 43.4 Å². The van der Waals surface area contributed by atoms with Crippen LogP contribution in [0.2, 0.25) is 0 Å². The van der Waals surface area contributed by atoms with E-state index in [9.17, 15) is 0 Å². The van der Waals surface area contributed by atoms with Crippen LogP contribution >= 0.6 is 0 Å². The maximum atomic E-state index is 5.58. The molecule has 0 saturated carbocycles. The summed E-state index contributed by atoms with van der Waals surface area (Å²) in [6, 6.07) is 4.88. The van der Waals surface area contributed by atoms with Gasteiger partial charge < -0.3 is 10.6 Å². The smallest absolute Gasteiger partial charge is 0.128 e. The highest BCUT2D eigenvalue weighted by molar-refractivity contribution is 5.40. The molecule has 19 heavy (non-hydrogen) atoms. The zero-order chi connectivity index (χ0) is 14.3. The van der Waals surface area contributed by atoms with Gasteiger partial charge in [0.25, 0.3) is 0 Å². The minimum atomic E-state index is 0.579. The predicted octanol–water partition coefficient (Wildman–Crippen LogP) is 3.23. The quantitative estimate of drug-likeness (QED) is 0.783. The molecule has 0 spiro atoms. The van der Waals surface area contributed by atoms with E-state index in [-0.39, 0.29) is 0 Å². The maximum absolute atomic E-state index is 5.58. The fourth-order valence-corrected chi connectivity index (χ4v) is 2.45. The van der Waals surface area contributed by atoms with Crippen molar-refractivity contribution in [1.82, 2.24) is 4.98 Å². The Labute approximate surface area is 118 Å². The van der Waals surface area contributed by atoms with E-state index in [0.29, 0.717) is 18.5 Å². The van der Waals surface area contributed by atoms with Crippen LogP contribution in [0, 0.1) is 5.92 Å². The molecule has 3 heteroatoms. The topological polar surface area (TPSA) is 42.1 Å². The van der Waals surface area contributed by atoms with Crippen LogP contribution in [0.5, 0.6) is 0 Å². The normalized spacial score (nSPS) is 11.3. The van der Waals surface area contributed by atoms with E-state index < -0.39 is 0 Å². The van der Waals surface area contributed by atoms with Crippen LogP contribution in [0.4, 0.5) is 5.82 Å². The first-order chi connectivity index (χ1) is 9.12. The molecule has 2 N–H and O–H groups in total. The van der Waals surface area contributed by atoms with Gasteiger partial charge in [-0.3, -0.25) is 0 Å². The van der Waals surface area contributed by atoms with Crippen LogP contribution in [0.25, 0.3) is 0 Å². The number of hydrogen-bond donors (Lipinski definition) is 1. The minimum absolute atomic E-state index is 0.579. The number of aromatic nitrogens is 1. The molecule has 0 fully saturated rings. The summed E-state index contributed by atoms with van der Waals surface area (Å²) in [5.41, 5.74) is 6.80. The van der Waals surface area contributed by atoms with Crippen molar-refractivity contribution < 1.29 is 0 Å². The molecule has 108 valence electrons. The van der Waals surface area contributed by atoms with Gasteiger partial charge in [0, 0.05) is 18.8 Å². The molecular formula is C16H29N3. The van der Waals surface area contributed by atoms with Crippen LogP contribution in [-0.4, -0.2) is 24.1 Å². The molecule has 1 rings (SSSR count). The van der Waals surface area contributed by atoms with Crippen LogP contribution in [-0.2, 0) is 6.42 Å². The zero-order valence-electron chi connectivity index (χ0n) is 12.9. The first-order valence-electron chi connectivity index (χ1n) is 7.53. The van der Waals surface area contributed by atoms with Crippen molar-refractivity contribution in [1.29, 1.82) is 0 Å². The zero-order valence-corrected chi connectivity index (χ0v) is 12.9. The number of pyridine rings is 1. The molecule has 3 nitrogen and oxygen atoms in total. The molecule has 1 aromatic heterocycles. The molecule has 0 saturated heterocycles. The van der Waals surface area contributed by atoms with Gasteiger partial charge in [-0.25, -0.2) is 4.98 Å². The summed E-state index contributed by atoms with van der Waals surface area (Å²) in [7, 11) is 0. The third-order valence-corrected chi connectivity index (χ3v) is 3.48. The summed E-state index contributed by atoms with van der Waals surface area (Å²) in [5, 5.41) is 0. The van der Waals surface area contributed by atoms with E-state index in [1.165, 1.54) is 5.56 Å². The Morgan fingerprint density at radius 2 is 1.89 bits per heavy atom. The van der Waals surface area contributed by atoms with Crippen LogP contribution < -0.4 is 10.6 Å². The van der Waals surface area contributed by atoms with Crippen molar-refractivity contribution in [3.63, 3.8) is 0 Å². The Morgan fingerprint density at radius 3 is 2.32 bits per heavy atom. The van der Waals surface area contributed by atoms with Crippen molar-refractivity contribution in [3.8, 4) is 0 Å². The molecule has 0 radical (unpaired) electrons. The molecule has 0 atom stereocenters. The Kier molecular flexibility index (Phi) is 6.85. The Hall–Kier alpha value is -1.09. The lowest BCUT2D eigenvalue weighted by Crippen LogP contribution is -2.38. The van der Waals surface area contributed by atoms with E-state index in [1.807, 2.05) is 6.20 Å². The highest BCUT2D eigenvalue weighted by Gasteiger charge is 2.17. The second kappa shape index (κ2) is 8.16.